The van der Waals surface area contributed by atoms with Crippen LogP contribution < -0.4 is 0 Å². The van der Waals surface area contributed by atoms with Gasteiger partial charge in [0.25, 0.3) is 0 Å². The number of rotatable bonds is 5. The van der Waals surface area contributed by atoms with Gasteiger partial charge in [-0.2, -0.15) is 4.31 Å². The van der Waals surface area contributed by atoms with Gasteiger partial charge >= 0.3 is 0 Å². The van der Waals surface area contributed by atoms with Crippen LogP contribution in [0.1, 0.15) is 24.4 Å². The first-order chi connectivity index (χ1) is 11.1. The number of aryl methyl sites for hydroxylation is 1. The third kappa shape index (κ3) is 2.91. The number of hydrogen-bond acceptors (Lipinski definition) is 4. The van der Waals surface area contributed by atoms with Gasteiger partial charge in [0.2, 0.25) is 10.0 Å². The minimum absolute atomic E-state index is 0.312. The van der Waals surface area contributed by atoms with E-state index in [0.717, 1.165) is 11.4 Å². The quantitative estimate of drug-likeness (QED) is 0.835. The van der Waals surface area contributed by atoms with E-state index in [2.05, 4.69) is 4.98 Å². The van der Waals surface area contributed by atoms with Crippen molar-refractivity contribution >= 4 is 10.0 Å². The summed E-state index contributed by atoms with van der Waals surface area (Å²) < 4.78 is 35.1. The van der Waals surface area contributed by atoms with E-state index in [1.165, 1.54) is 0 Å². The van der Waals surface area contributed by atoms with Crippen molar-refractivity contribution in [2.75, 3.05) is 19.8 Å². The summed E-state index contributed by atoms with van der Waals surface area (Å²) in [6.45, 7) is 3.19. The second-order valence-electron chi connectivity index (χ2n) is 5.54. The molecule has 0 radical (unpaired) electrons. The molecule has 3 rings (SSSR count). The minimum atomic E-state index is -3.57. The van der Waals surface area contributed by atoms with Crippen molar-refractivity contribution in [2.45, 2.75) is 24.3 Å². The van der Waals surface area contributed by atoms with Crippen molar-refractivity contribution in [2.24, 2.45) is 7.05 Å². The van der Waals surface area contributed by atoms with Crippen LogP contribution in [0.5, 0.6) is 0 Å². The van der Waals surface area contributed by atoms with Crippen LogP contribution in [-0.4, -0.2) is 42.0 Å². The van der Waals surface area contributed by atoms with Gasteiger partial charge in [0.1, 0.15) is 0 Å². The standard InChI is InChI=1S/C16H21N3O3S/c1-3-22-11-15-16-14(17-12-18(16)2)9-10-19(15)23(20,21)13-7-5-4-6-8-13/h4-8,12,15H,3,9-11H2,1-2H3. The second-order valence-corrected chi connectivity index (χ2v) is 7.43. The number of sulfonamides is 1. The number of benzene rings is 1. The molecule has 0 saturated carbocycles. The van der Waals surface area contributed by atoms with Gasteiger partial charge in [-0.25, -0.2) is 13.4 Å². The second kappa shape index (κ2) is 6.43. The highest BCUT2D eigenvalue weighted by Gasteiger charge is 2.38. The fourth-order valence-corrected chi connectivity index (χ4v) is 4.62. The van der Waals surface area contributed by atoms with Crippen molar-refractivity contribution in [3.63, 3.8) is 0 Å². The highest BCUT2D eigenvalue weighted by Crippen LogP contribution is 2.33. The molecule has 23 heavy (non-hydrogen) atoms. The molecule has 6 nitrogen and oxygen atoms in total. The molecule has 1 aliphatic rings. The number of aromatic nitrogens is 2. The zero-order valence-electron chi connectivity index (χ0n) is 13.3. The van der Waals surface area contributed by atoms with E-state index in [1.807, 2.05) is 24.6 Å². The van der Waals surface area contributed by atoms with Gasteiger partial charge < -0.3 is 9.30 Å². The van der Waals surface area contributed by atoms with E-state index in [4.69, 9.17) is 4.74 Å². The summed E-state index contributed by atoms with van der Waals surface area (Å²) >= 11 is 0. The van der Waals surface area contributed by atoms with Gasteiger partial charge in [-0.3, -0.25) is 0 Å². The van der Waals surface area contributed by atoms with Crippen LogP contribution in [-0.2, 0) is 28.2 Å². The Kier molecular flexibility index (Phi) is 4.52. The van der Waals surface area contributed by atoms with Gasteiger partial charge in [0.15, 0.2) is 0 Å². The summed E-state index contributed by atoms with van der Waals surface area (Å²) in [5.41, 5.74) is 1.88. The number of nitrogens with zero attached hydrogens (tertiary/aromatic N) is 3. The molecule has 7 heteroatoms. The molecule has 1 aromatic heterocycles. The molecule has 0 saturated heterocycles. The molecule has 2 aromatic rings. The van der Waals surface area contributed by atoms with Crippen LogP contribution in [0.2, 0.25) is 0 Å². The molecule has 0 amide bonds. The first-order valence-electron chi connectivity index (χ1n) is 7.70. The molecule has 0 N–H and O–H groups in total. The lowest BCUT2D eigenvalue weighted by molar-refractivity contribution is 0.0907. The van der Waals surface area contributed by atoms with Crippen LogP contribution >= 0.6 is 0 Å². The normalized spacial score (nSPS) is 18.8. The van der Waals surface area contributed by atoms with Crippen LogP contribution in [0, 0.1) is 0 Å². The molecular weight excluding hydrogens is 314 g/mol. The average Bonchev–Trinajstić information content (AvgIpc) is 2.95. The Labute approximate surface area is 136 Å². The summed E-state index contributed by atoms with van der Waals surface area (Å²) in [4.78, 5) is 4.70. The zero-order chi connectivity index (χ0) is 16.4. The predicted molar refractivity (Wildman–Crippen MR) is 86.5 cm³/mol. The number of ether oxygens (including phenoxy) is 1. The average molecular weight is 335 g/mol. The summed E-state index contributed by atoms with van der Waals surface area (Å²) in [7, 11) is -1.67. The predicted octanol–water partition coefficient (Wildman–Crippen LogP) is 1.74. The van der Waals surface area contributed by atoms with E-state index in [0.29, 0.717) is 31.1 Å². The first kappa shape index (κ1) is 16.2. The lowest BCUT2D eigenvalue weighted by Gasteiger charge is -2.34. The van der Waals surface area contributed by atoms with Crippen molar-refractivity contribution < 1.29 is 13.2 Å². The van der Waals surface area contributed by atoms with Gasteiger partial charge in [-0.15, -0.1) is 0 Å². The molecule has 2 heterocycles. The molecular formula is C16H21N3O3S. The van der Waals surface area contributed by atoms with Crippen LogP contribution in [0.4, 0.5) is 0 Å². The third-order valence-electron chi connectivity index (χ3n) is 4.12. The zero-order valence-corrected chi connectivity index (χ0v) is 14.2. The molecule has 0 fully saturated rings. The highest BCUT2D eigenvalue weighted by atomic mass is 32.2. The monoisotopic (exact) mass is 335 g/mol. The lowest BCUT2D eigenvalue weighted by atomic mass is 10.1. The Morgan fingerprint density at radius 2 is 2.04 bits per heavy atom. The van der Waals surface area contributed by atoms with Crippen LogP contribution in [0.25, 0.3) is 0 Å². The van der Waals surface area contributed by atoms with E-state index < -0.39 is 10.0 Å². The summed E-state index contributed by atoms with van der Waals surface area (Å²) in [6.07, 6.45) is 2.35. The smallest absolute Gasteiger partial charge is 0.243 e. The van der Waals surface area contributed by atoms with Gasteiger partial charge in [0.05, 0.1) is 35.3 Å². The fraction of sp³-hybridized carbons (Fsp3) is 0.438. The number of hydrogen-bond donors (Lipinski definition) is 0. The van der Waals surface area contributed by atoms with Crippen LogP contribution in [0.15, 0.2) is 41.6 Å². The molecule has 124 valence electrons. The molecule has 1 unspecified atom stereocenters. The molecule has 0 spiro atoms. The summed E-state index contributed by atoms with van der Waals surface area (Å²) in [6, 6.07) is 8.20. The van der Waals surface area contributed by atoms with Crippen LogP contribution in [0.3, 0.4) is 0 Å². The molecule has 1 aliphatic heterocycles. The lowest BCUT2D eigenvalue weighted by Crippen LogP contribution is -2.42. The van der Waals surface area contributed by atoms with E-state index in [-0.39, 0.29) is 6.04 Å². The minimum Gasteiger partial charge on any atom is -0.380 e. The maximum Gasteiger partial charge on any atom is 0.243 e. The first-order valence-corrected chi connectivity index (χ1v) is 9.14. The maximum absolute atomic E-state index is 13.0. The van der Waals surface area contributed by atoms with Crippen molar-refractivity contribution in [1.82, 2.24) is 13.9 Å². The molecule has 0 bridgehead atoms. The molecule has 1 atom stereocenters. The third-order valence-corrected chi connectivity index (χ3v) is 6.05. The SMILES string of the molecule is CCOCC1c2c(ncn2C)CCN1S(=O)(=O)c1ccccc1. The van der Waals surface area contributed by atoms with Crippen molar-refractivity contribution in [1.29, 1.82) is 0 Å². The molecule has 0 aliphatic carbocycles. The van der Waals surface area contributed by atoms with Gasteiger partial charge in [-0.05, 0) is 19.1 Å². The highest BCUT2D eigenvalue weighted by molar-refractivity contribution is 7.89. The Balaban J connectivity index is 2.02. The number of imidazole rings is 1. The maximum atomic E-state index is 13.0. The topological polar surface area (TPSA) is 64.4 Å². The van der Waals surface area contributed by atoms with E-state index in [9.17, 15) is 8.42 Å². The van der Waals surface area contributed by atoms with E-state index in [1.54, 1.807) is 34.9 Å². The van der Waals surface area contributed by atoms with E-state index >= 15 is 0 Å². The molecule has 1 aromatic carbocycles. The Morgan fingerprint density at radius 1 is 1.30 bits per heavy atom. The Hall–Kier alpha value is -1.70. The largest absolute Gasteiger partial charge is 0.380 e. The van der Waals surface area contributed by atoms with Gasteiger partial charge in [0, 0.05) is 26.6 Å². The summed E-state index contributed by atoms with van der Waals surface area (Å²) in [5.74, 6) is 0. The Morgan fingerprint density at radius 3 is 2.74 bits per heavy atom. The van der Waals surface area contributed by atoms with Crippen molar-refractivity contribution in [3.8, 4) is 0 Å². The number of fused-ring (bicyclic) bond motifs is 1. The fourth-order valence-electron chi connectivity index (χ4n) is 3.02. The Bertz CT molecular complexity index is 771. The van der Waals surface area contributed by atoms with Gasteiger partial charge in [-0.1, -0.05) is 18.2 Å². The summed E-state index contributed by atoms with van der Waals surface area (Å²) in [5, 5.41) is 0. The van der Waals surface area contributed by atoms with Crippen molar-refractivity contribution in [3.05, 3.63) is 48.0 Å².